The fraction of sp³-hybridized carbons (Fsp3) is 0.400. The maximum Gasteiger partial charge on any atom is 0.340 e. The van der Waals surface area contributed by atoms with Gasteiger partial charge in [0.25, 0.3) is 0 Å². The van der Waals surface area contributed by atoms with Crippen molar-refractivity contribution in [3.05, 3.63) is 19.4 Å². The molecule has 1 aromatic heterocycles. The molecule has 1 aromatic rings. The summed E-state index contributed by atoms with van der Waals surface area (Å²) in [7, 11) is 0. The number of ether oxygens (including phenoxy) is 2. The zero-order chi connectivity index (χ0) is 12.1. The molecule has 0 aliphatic heterocycles. The maximum atomic E-state index is 11.6. The molecule has 0 aromatic carbocycles. The first-order valence-corrected chi connectivity index (χ1v) is 6.68. The fourth-order valence-corrected chi connectivity index (χ4v) is 2.73. The Morgan fingerprint density at radius 1 is 1.25 bits per heavy atom. The van der Waals surface area contributed by atoms with Crippen LogP contribution in [0, 0.1) is 2.88 Å². The lowest BCUT2D eigenvalue weighted by atomic mass is 10.2. The monoisotopic (exact) mass is 354 g/mol. The van der Waals surface area contributed by atoms with Crippen molar-refractivity contribution in [2.45, 2.75) is 13.8 Å². The summed E-state index contributed by atoms with van der Waals surface area (Å²) in [6.45, 7) is 4.01. The number of rotatable bonds is 4. The highest BCUT2D eigenvalue weighted by atomic mass is 127. The van der Waals surface area contributed by atoms with Crippen LogP contribution in [0.4, 0.5) is 0 Å². The molecule has 0 aliphatic rings. The van der Waals surface area contributed by atoms with E-state index in [1.54, 1.807) is 19.2 Å². The highest BCUT2D eigenvalue weighted by molar-refractivity contribution is 14.1. The average molecular weight is 354 g/mol. The second-order valence-electron chi connectivity index (χ2n) is 2.74. The quantitative estimate of drug-likeness (QED) is 0.616. The van der Waals surface area contributed by atoms with Gasteiger partial charge in [-0.05, 0) is 36.4 Å². The number of thiophene rings is 1. The third kappa shape index (κ3) is 2.94. The van der Waals surface area contributed by atoms with E-state index < -0.39 is 11.9 Å². The van der Waals surface area contributed by atoms with Gasteiger partial charge in [-0.2, -0.15) is 0 Å². The van der Waals surface area contributed by atoms with E-state index in [-0.39, 0.29) is 18.8 Å². The van der Waals surface area contributed by atoms with Gasteiger partial charge in [0.15, 0.2) is 0 Å². The Morgan fingerprint density at radius 2 is 1.81 bits per heavy atom. The molecule has 0 saturated heterocycles. The molecule has 0 bridgehead atoms. The Balaban J connectivity index is 3.02. The molecule has 6 heteroatoms. The number of halogens is 1. The smallest absolute Gasteiger partial charge is 0.340 e. The highest BCUT2D eigenvalue weighted by Crippen LogP contribution is 2.26. The van der Waals surface area contributed by atoms with Crippen molar-refractivity contribution >= 4 is 45.9 Å². The van der Waals surface area contributed by atoms with Crippen LogP contribution in [0.1, 0.15) is 34.6 Å². The van der Waals surface area contributed by atoms with E-state index in [0.717, 1.165) is 2.88 Å². The molecule has 0 atom stereocenters. The molecular formula is C10H11IO4S. The van der Waals surface area contributed by atoms with E-state index in [1.807, 2.05) is 22.6 Å². The Hall–Kier alpha value is -0.630. The van der Waals surface area contributed by atoms with Crippen LogP contribution in [-0.2, 0) is 9.47 Å². The Bertz CT molecular complexity index is 400. The molecule has 1 rings (SSSR count). The van der Waals surface area contributed by atoms with E-state index >= 15 is 0 Å². The number of esters is 2. The Kier molecular flexibility index (Phi) is 5.20. The largest absolute Gasteiger partial charge is 0.462 e. The Labute approximate surface area is 111 Å². The normalized spacial score (nSPS) is 9.94. The molecule has 0 fully saturated rings. The minimum absolute atomic E-state index is 0.285. The van der Waals surface area contributed by atoms with Gasteiger partial charge in [-0.3, -0.25) is 0 Å². The summed E-state index contributed by atoms with van der Waals surface area (Å²) >= 11 is 3.33. The number of carbonyl (C=O) groups is 2. The zero-order valence-electron chi connectivity index (χ0n) is 8.91. The van der Waals surface area contributed by atoms with Crippen LogP contribution < -0.4 is 0 Å². The number of carbonyl (C=O) groups excluding carboxylic acids is 2. The van der Waals surface area contributed by atoms with Gasteiger partial charge in [0.05, 0.1) is 27.2 Å². The molecule has 88 valence electrons. The van der Waals surface area contributed by atoms with Crippen LogP contribution in [-0.4, -0.2) is 25.2 Å². The third-order valence-corrected chi connectivity index (χ3v) is 3.79. The minimum Gasteiger partial charge on any atom is -0.462 e. The van der Waals surface area contributed by atoms with Gasteiger partial charge in [-0.1, -0.05) is 0 Å². The van der Waals surface area contributed by atoms with Crippen molar-refractivity contribution in [3.8, 4) is 0 Å². The molecule has 0 spiro atoms. The van der Waals surface area contributed by atoms with E-state index in [1.165, 1.54) is 11.3 Å². The van der Waals surface area contributed by atoms with E-state index in [9.17, 15) is 9.59 Å². The molecule has 0 N–H and O–H groups in total. The van der Waals surface area contributed by atoms with Crippen LogP contribution in [0.15, 0.2) is 5.38 Å². The summed E-state index contributed by atoms with van der Waals surface area (Å²) in [5.41, 5.74) is 0.598. The van der Waals surface area contributed by atoms with Crippen LogP contribution in [0.2, 0.25) is 0 Å². The van der Waals surface area contributed by atoms with Gasteiger partial charge in [0.1, 0.15) is 0 Å². The lowest BCUT2D eigenvalue weighted by Crippen LogP contribution is -2.12. The van der Waals surface area contributed by atoms with Gasteiger partial charge in [0, 0.05) is 5.38 Å². The molecule has 0 amide bonds. The molecule has 0 saturated carbocycles. The topological polar surface area (TPSA) is 52.6 Å². The summed E-state index contributed by atoms with van der Waals surface area (Å²) in [4.78, 5) is 23.2. The third-order valence-electron chi connectivity index (χ3n) is 1.72. The summed E-state index contributed by atoms with van der Waals surface area (Å²) in [5.74, 6) is -0.957. The highest BCUT2D eigenvalue weighted by Gasteiger charge is 2.24. The molecule has 0 radical (unpaired) electrons. The van der Waals surface area contributed by atoms with Gasteiger partial charge in [-0.25, -0.2) is 9.59 Å². The van der Waals surface area contributed by atoms with Crippen LogP contribution in [0.3, 0.4) is 0 Å². The second kappa shape index (κ2) is 6.19. The second-order valence-corrected chi connectivity index (χ2v) is 5.43. The van der Waals surface area contributed by atoms with Crippen molar-refractivity contribution in [2.75, 3.05) is 13.2 Å². The summed E-state index contributed by atoms with van der Waals surface area (Å²) in [5, 5.41) is 1.62. The average Bonchev–Trinajstić information content (AvgIpc) is 2.61. The Morgan fingerprint density at radius 3 is 2.38 bits per heavy atom. The molecule has 4 nitrogen and oxygen atoms in total. The summed E-state index contributed by atoms with van der Waals surface area (Å²) in [6, 6.07) is 0. The lowest BCUT2D eigenvalue weighted by Gasteiger charge is -2.04. The predicted octanol–water partition coefficient (Wildman–Crippen LogP) is 2.71. The van der Waals surface area contributed by atoms with Gasteiger partial charge >= 0.3 is 11.9 Å². The molecule has 0 aliphatic carbocycles. The van der Waals surface area contributed by atoms with Crippen molar-refractivity contribution < 1.29 is 19.1 Å². The van der Waals surface area contributed by atoms with E-state index in [0.29, 0.717) is 5.56 Å². The van der Waals surface area contributed by atoms with E-state index in [4.69, 9.17) is 9.47 Å². The summed E-state index contributed by atoms with van der Waals surface area (Å²) < 4.78 is 10.5. The van der Waals surface area contributed by atoms with Gasteiger partial charge < -0.3 is 9.47 Å². The van der Waals surface area contributed by atoms with Gasteiger partial charge in [0.2, 0.25) is 0 Å². The predicted molar refractivity (Wildman–Crippen MR) is 68.9 cm³/mol. The standard InChI is InChI=1S/C10H11IO4S/c1-3-14-9(12)6-5-16-8(11)7(6)10(13)15-4-2/h5H,3-4H2,1-2H3. The maximum absolute atomic E-state index is 11.6. The van der Waals surface area contributed by atoms with Crippen LogP contribution in [0.25, 0.3) is 0 Å². The molecule has 1 heterocycles. The summed E-state index contributed by atoms with van der Waals surface area (Å²) in [6.07, 6.45) is 0. The SMILES string of the molecule is CCOC(=O)c1csc(I)c1C(=O)OCC. The molecule has 0 unspecified atom stereocenters. The number of hydrogen-bond donors (Lipinski definition) is 0. The fourth-order valence-electron chi connectivity index (χ4n) is 1.09. The molecule has 16 heavy (non-hydrogen) atoms. The van der Waals surface area contributed by atoms with E-state index in [2.05, 4.69) is 0 Å². The van der Waals surface area contributed by atoms with Crippen LogP contribution >= 0.6 is 33.9 Å². The van der Waals surface area contributed by atoms with Crippen molar-refractivity contribution in [3.63, 3.8) is 0 Å². The first kappa shape index (κ1) is 13.4. The molecular weight excluding hydrogens is 343 g/mol. The van der Waals surface area contributed by atoms with Crippen molar-refractivity contribution in [1.29, 1.82) is 0 Å². The first-order valence-electron chi connectivity index (χ1n) is 4.73. The minimum atomic E-state index is -0.482. The van der Waals surface area contributed by atoms with Gasteiger partial charge in [-0.15, -0.1) is 11.3 Å². The number of hydrogen-bond acceptors (Lipinski definition) is 5. The first-order chi connectivity index (χ1) is 7.61. The lowest BCUT2D eigenvalue weighted by molar-refractivity contribution is 0.0479. The zero-order valence-corrected chi connectivity index (χ0v) is 11.9. The van der Waals surface area contributed by atoms with Crippen molar-refractivity contribution in [1.82, 2.24) is 0 Å². The van der Waals surface area contributed by atoms with Crippen molar-refractivity contribution in [2.24, 2.45) is 0 Å². The van der Waals surface area contributed by atoms with Crippen LogP contribution in [0.5, 0.6) is 0 Å².